The Hall–Kier alpha value is -4.57. The van der Waals surface area contributed by atoms with Crippen LogP contribution in [-0.4, -0.2) is 51.6 Å². The van der Waals surface area contributed by atoms with Crippen LogP contribution < -0.4 is 10.1 Å². The molecule has 0 fully saturated rings. The third-order valence-electron chi connectivity index (χ3n) is 5.72. The number of benzene rings is 3. The summed E-state index contributed by atoms with van der Waals surface area (Å²) in [4.78, 5) is 27.6. The van der Waals surface area contributed by atoms with Crippen molar-refractivity contribution in [2.75, 3.05) is 25.3 Å². The summed E-state index contributed by atoms with van der Waals surface area (Å²) in [5.74, 6) is 0.855. The van der Waals surface area contributed by atoms with E-state index in [1.54, 1.807) is 31.4 Å². The molecule has 186 valence electrons. The first kappa shape index (κ1) is 24.1. The van der Waals surface area contributed by atoms with Crippen LogP contribution in [0.3, 0.4) is 0 Å². The fraction of sp³-hybridized carbons (Fsp3) is 0.111. The van der Waals surface area contributed by atoms with Crippen molar-refractivity contribution in [2.45, 2.75) is 5.16 Å². The topological polar surface area (TPSA) is 111 Å². The van der Waals surface area contributed by atoms with Crippen molar-refractivity contribution in [1.82, 2.24) is 19.7 Å². The van der Waals surface area contributed by atoms with E-state index in [1.807, 2.05) is 59.3 Å². The molecule has 0 saturated carbocycles. The molecule has 2 N–H and O–H groups in total. The van der Waals surface area contributed by atoms with Gasteiger partial charge in [0.05, 0.1) is 25.5 Å². The Labute approximate surface area is 216 Å². The normalized spacial score (nSPS) is 10.9. The summed E-state index contributed by atoms with van der Waals surface area (Å²) in [5.41, 5.74) is 3.73. The Morgan fingerprint density at radius 1 is 0.973 bits per heavy atom. The summed E-state index contributed by atoms with van der Waals surface area (Å²) in [7, 11) is 2.94. The van der Waals surface area contributed by atoms with Crippen molar-refractivity contribution >= 4 is 40.2 Å². The molecule has 0 unspecified atom stereocenters. The number of aromatic nitrogens is 4. The second-order valence-electron chi connectivity index (χ2n) is 7.99. The molecular weight excluding hydrogens is 490 g/mol. The zero-order valence-electron chi connectivity index (χ0n) is 20.1. The van der Waals surface area contributed by atoms with Crippen LogP contribution in [0.1, 0.15) is 10.4 Å². The smallest absolute Gasteiger partial charge is 0.337 e. The molecule has 0 saturated heterocycles. The van der Waals surface area contributed by atoms with Crippen LogP contribution in [0, 0.1) is 0 Å². The lowest BCUT2D eigenvalue weighted by molar-refractivity contribution is -0.113. The van der Waals surface area contributed by atoms with E-state index < -0.39 is 5.97 Å². The lowest BCUT2D eigenvalue weighted by atomic mass is 10.1. The lowest BCUT2D eigenvalue weighted by Gasteiger charge is -2.11. The van der Waals surface area contributed by atoms with Crippen molar-refractivity contribution in [3.8, 4) is 22.8 Å². The molecule has 0 aliphatic rings. The Morgan fingerprint density at radius 3 is 2.46 bits per heavy atom. The highest BCUT2D eigenvalue weighted by molar-refractivity contribution is 7.99. The molecule has 5 aromatic rings. The summed E-state index contributed by atoms with van der Waals surface area (Å²) < 4.78 is 11.9. The molecule has 0 spiro atoms. The van der Waals surface area contributed by atoms with Gasteiger partial charge in [0.2, 0.25) is 5.91 Å². The molecule has 2 aromatic heterocycles. The highest BCUT2D eigenvalue weighted by Crippen LogP contribution is 2.33. The molecule has 0 radical (unpaired) electrons. The van der Waals surface area contributed by atoms with Gasteiger partial charge in [0.15, 0.2) is 11.0 Å². The average Bonchev–Trinajstić information content (AvgIpc) is 3.56. The van der Waals surface area contributed by atoms with Gasteiger partial charge < -0.3 is 19.8 Å². The maximum Gasteiger partial charge on any atom is 0.337 e. The van der Waals surface area contributed by atoms with Gasteiger partial charge in [-0.05, 0) is 54.6 Å². The molecule has 0 atom stereocenters. The summed E-state index contributed by atoms with van der Waals surface area (Å²) in [5, 5.41) is 13.3. The number of hydrogen-bond donors (Lipinski definition) is 2. The molecular formula is C27H23N5O4S. The summed E-state index contributed by atoms with van der Waals surface area (Å²) in [6, 6.07) is 22.1. The number of hydrogen-bond acceptors (Lipinski definition) is 7. The molecule has 10 heteroatoms. The fourth-order valence-electron chi connectivity index (χ4n) is 3.89. The van der Waals surface area contributed by atoms with Crippen molar-refractivity contribution in [3.63, 3.8) is 0 Å². The molecule has 37 heavy (non-hydrogen) atoms. The largest absolute Gasteiger partial charge is 0.497 e. The molecule has 2 heterocycles. The number of amides is 1. The molecule has 1 amide bonds. The molecule has 0 bridgehead atoms. The third kappa shape index (κ3) is 5.05. The second kappa shape index (κ2) is 10.6. The zero-order chi connectivity index (χ0) is 25.8. The number of nitrogens with one attached hydrogen (secondary N) is 2. The standard InChI is InChI=1S/C27H23N5O4S/c1-35-20-13-11-19(12-14-20)32-25(22-15-28-23-6-4-3-5-21(22)23)30-31-27(32)37-16-24(33)29-18-9-7-17(8-10-18)26(34)36-2/h3-15,28H,16H2,1-2H3,(H,29,33). The maximum absolute atomic E-state index is 12.7. The minimum atomic E-state index is -0.433. The summed E-state index contributed by atoms with van der Waals surface area (Å²) in [6.07, 6.45) is 1.91. The first-order valence-electron chi connectivity index (χ1n) is 11.3. The second-order valence-corrected chi connectivity index (χ2v) is 8.94. The Morgan fingerprint density at radius 2 is 1.73 bits per heavy atom. The number of H-pyrrole nitrogens is 1. The average molecular weight is 514 g/mol. The molecule has 0 aliphatic heterocycles. The van der Waals surface area contributed by atoms with Crippen molar-refractivity contribution in [3.05, 3.63) is 84.6 Å². The van der Waals surface area contributed by atoms with Gasteiger partial charge >= 0.3 is 5.97 Å². The van der Waals surface area contributed by atoms with Gasteiger partial charge in [-0.15, -0.1) is 10.2 Å². The number of thioether (sulfide) groups is 1. The van der Waals surface area contributed by atoms with Gasteiger partial charge in [-0.1, -0.05) is 30.0 Å². The van der Waals surface area contributed by atoms with Gasteiger partial charge in [0.25, 0.3) is 0 Å². The van der Waals surface area contributed by atoms with E-state index in [0.29, 0.717) is 22.2 Å². The van der Waals surface area contributed by atoms with Crippen LogP contribution in [0.25, 0.3) is 28.0 Å². The van der Waals surface area contributed by atoms with Crippen LogP contribution >= 0.6 is 11.8 Å². The number of methoxy groups -OCH3 is 2. The van der Waals surface area contributed by atoms with E-state index in [-0.39, 0.29) is 11.7 Å². The van der Waals surface area contributed by atoms with Crippen LogP contribution in [0.5, 0.6) is 5.75 Å². The van der Waals surface area contributed by atoms with E-state index >= 15 is 0 Å². The van der Waals surface area contributed by atoms with Gasteiger partial charge in [0, 0.05) is 34.0 Å². The van der Waals surface area contributed by atoms with Crippen molar-refractivity contribution in [1.29, 1.82) is 0 Å². The number of anilines is 1. The zero-order valence-corrected chi connectivity index (χ0v) is 20.9. The fourth-order valence-corrected chi connectivity index (χ4v) is 4.65. The van der Waals surface area contributed by atoms with E-state index in [1.165, 1.54) is 18.9 Å². The van der Waals surface area contributed by atoms with Gasteiger partial charge in [-0.3, -0.25) is 9.36 Å². The first-order chi connectivity index (χ1) is 18.1. The van der Waals surface area contributed by atoms with E-state index in [0.717, 1.165) is 27.9 Å². The number of ether oxygens (including phenoxy) is 2. The lowest BCUT2D eigenvalue weighted by Crippen LogP contribution is -2.14. The number of aromatic amines is 1. The summed E-state index contributed by atoms with van der Waals surface area (Å²) >= 11 is 1.28. The highest BCUT2D eigenvalue weighted by Gasteiger charge is 2.20. The molecule has 3 aromatic carbocycles. The molecule has 0 aliphatic carbocycles. The van der Waals surface area contributed by atoms with Crippen molar-refractivity contribution in [2.24, 2.45) is 0 Å². The van der Waals surface area contributed by atoms with Crippen LogP contribution in [0.4, 0.5) is 5.69 Å². The number of carbonyl (C=O) groups is 2. The van der Waals surface area contributed by atoms with E-state index in [9.17, 15) is 9.59 Å². The Balaban J connectivity index is 1.40. The predicted octanol–water partition coefficient (Wildman–Crippen LogP) is 4.94. The first-order valence-corrected chi connectivity index (χ1v) is 12.3. The number of fused-ring (bicyclic) bond motifs is 1. The number of para-hydroxylation sites is 1. The summed E-state index contributed by atoms with van der Waals surface area (Å²) in [6.45, 7) is 0. The third-order valence-corrected chi connectivity index (χ3v) is 6.65. The Kier molecular flexibility index (Phi) is 6.91. The number of rotatable bonds is 8. The van der Waals surface area contributed by atoms with Crippen LogP contribution in [0.2, 0.25) is 0 Å². The molecule has 9 nitrogen and oxygen atoms in total. The predicted molar refractivity (Wildman–Crippen MR) is 142 cm³/mol. The van der Waals surface area contributed by atoms with Gasteiger partial charge in [-0.25, -0.2) is 4.79 Å². The molecule has 5 rings (SSSR count). The minimum absolute atomic E-state index is 0.112. The van der Waals surface area contributed by atoms with E-state index in [4.69, 9.17) is 9.47 Å². The number of carbonyl (C=O) groups excluding carboxylic acids is 2. The quantitative estimate of drug-likeness (QED) is 0.223. The highest BCUT2D eigenvalue weighted by atomic mass is 32.2. The van der Waals surface area contributed by atoms with E-state index in [2.05, 4.69) is 20.5 Å². The van der Waals surface area contributed by atoms with Crippen molar-refractivity contribution < 1.29 is 19.1 Å². The number of nitrogens with zero attached hydrogens (tertiary/aromatic N) is 3. The number of esters is 1. The minimum Gasteiger partial charge on any atom is -0.497 e. The Bertz CT molecular complexity index is 1560. The maximum atomic E-state index is 12.7. The van der Waals surface area contributed by atoms with Gasteiger partial charge in [-0.2, -0.15) is 0 Å². The van der Waals surface area contributed by atoms with Crippen LogP contribution in [-0.2, 0) is 9.53 Å². The van der Waals surface area contributed by atoms with Gasteiger partial charge in [0.1, 0.15) is 5.75 Å². The van der Waals surface area contributed by atoms with Crippen LogP contribution in [0.15, 0.2) is 84.1 Å². The SMILES string of the molecule is COC(=O)c1ccc(NC(=O)CSc2nnc(-c3c[nH]c4ccccc34)n2-c2ccc(OC)cc2)cc1. The monoisotopic (exact) mass is 513 g/mol.